The van der Waals surface area contributed by atoms with Crippen molar-refractivity contribution in [1.82, 2.24) is 5.32 Å². The van der Waals surface area contributed by atoms with Crippen LogP contribution in [0.15, 0.2) is 12.1 Å². The first-order valence-corrected chi connectivity index (χ1v) is 4.58. The molecule has 1 aliphatic rings. The molecule has 0 aliphatic carbocycles. The average Bonchev–Trinajstić information content (AvgIpc) is 2.38. The van der Waals surface area contributed by atoms with Crippen LogP contribution in [0.5, 0.6) is 0 Å². The maximum atomic E-state index is 13.8. The second-order valence-corrected chi connectivity index (χ2v) is 4.09. The van der Waals surface area contributed by atoms with Crippen molar-refractivity contribution in [2.75, 3.05) is 0 Å². The fraction of sp³-hybridized carbons (Fsp3) is 0.273. The van der Waals surface area contributed by atoms with Gasteiger partial charge in [-0.05, 0) is 26.0 Å². The standard InChI is InChI=1S/C11H10FNO2/c1-11(2)8-7(10(15)13-11)4-3-6(5-14)9(8)12/h3-5H,1-2H3,(H,13,15). The van der Waals surface area contributed by atoms with E-state index in [0.717, 1.165) is 0 Å². The van der Waals surface area contributed by atoms with Gasteiger partial charge >= 0.3 is 0 Å². The summed E-state index contributed by atoms with van der Waals surface area (Å²) in [7, 11) is 0. The Labute approximate surface area is 86.3 Å². The van der Waals surface area contributed by atoms with Crippen molar-refractivity contribution in [3.8, 4) is 0 Å². The lowest BCUT2D eigenvalue weighted by Gasteiger charge is -2.19. The van der Waals surface area contributed by atoms with Crippen LogP contribution in [0.1, 0.15) is 40.1 Å². The van der Waals surface area contributed by atoms with Crippen LogP contribution in [0, 0.1) is 5.82 Å². The maximum absolute atomic E-state index is 13.8. The van der Waals surface area contributed by atoms with Crippen molar-refractivity contribution in [2.24, 2.45) is 0 Å². The number of carbonyl (C=O) groups is 2. The largest absolute Gasteiger partial charge is 0.343 e. The zero-order chi connectivity index (χ0) is 11.2. The van der Waals surface area contributed by atoms with Crippen LogP contribution in [0.25, 0.3) is 0 Å². The monoisotopic (exact) mass is 207 g/mol. The molecule has 0 bridgehead atoms. The minimum Gasteiger partial charge on any atom is -0.343 e. The van der Waals surface area contributed by atoms with Gasteiger partial charge in [-0.15, -0.1) is 0 Å². The molecule has 1 amide bonds. The van der Waals surface area contributed by atoms with Crippen molar-refractivity contribution in [3.05, 3.63) is 34.6 Å². The predicted octanol–water partition coefficient (Wildman–Crippen LogP) is 1.62. The third-order valence-electron chi connectivity index (χ3n) is 2.59. The van der Waals surface area contributed by atoms with E-state index in [2.05, 4.69) is 5.32 Å². The van der Waals surface area contributed by atoms with Crippen molar-refractivity contribution in [3.63, 3.8) is 0 Å². The molecule has 0 saturated carbocycles. The quantitative estimate of drug-likeness (QED) is 0.711. The molecule has 3 nitrogen and oxygen atoms in total. The highest BCUT2D eigenvalue weighted by Gasteiger charge is 2.38. The molecular formula is C11H10FNO2. The van der Waals surface area contributed by atoms with Crippen LogP contribution in [0.3, 0.4) is 0 Å². The molecule has 1 N–H and O–H groups in total. The van der Waals surface area contributed by atoms with Gasteiger partial charge < -0.3 is 5.32 Å². The minimum atomic E-state index is -0.754. The molecule has 0 radical (unpaired) electrons. The van der Waals surface area contributed by atoms with E-state index in [9.17, 15) is 14.0 Å². The third kappa shape index (κ3) is 1.25. The number of hydrogen-bond acceptors (Lipinski definition) is 2. The van der Waals surface area contributed by atoms with E-state index in [1.54, 1.807) is 13.8 Å². The highest BCUT2D eigenvalue weighted by molar-refractivity contribution is 6.00. The van der Waals surface area contributed by atoms with Gasteiger partial charge in [0.1, 0.15) is 5.82 Å². The molecular weight excluding hydrogens is 197 g/mol. The summed E-state index contributed by atoms with van der Waals surface area (Å²) in [5.41, 5.74) is -0.186. The van der Waals surface area contributed by atoms with E-state index < -0.39 is 11.4 Å². The summed E-state index contributed by atoms with van der Waals surface area (Å²) in [5, 5.41) is 2.66. The smallest absolute Gasteiger partial charge is 0.252 e. The van der Waals surface area contributed by atoms with Crippen LogP contribution in [0.4, 0.5) is 4.39 Å². The molecule has 0 spiro atoms. The van der Waals surface area contributed by atoms with E-state index in [1.165, 1.54) is 12.1 Å². The van der Waals surface area contributed by atoms with Crippen LogP contribution in [-0.2, 0) is 5.54 Å². The Morgan fingerprint density at radius 1 is 1.40 bits per heavy atom. The number of benzene rings is 1. The highest BCUT2D eigenvalue weighted by Crippen LogP contribution is 2.33. The maximum Gasteiger partial charge on any atom is 0.252 e. The number of fused-ring (bicyclic) bond motifs is 1. The molecule has 4 heteroatoms. The Bertz CT molecular complexity index is 466. The number of carbonyl (C=O) groups excluding carboxylic acids is 2. The minimum absolute atomic E-state index is 0.0154. The van der Waals surface area contributed by atoms with E-state index in [0.29, 0.717) is 11.8 Å². The van der Waals surface area contributed by atoms with E-state index >= 15 is 0 Å². The summed E-state index contributed by atoms with van der Waals surface area (Å²) in [4.78, 5) is 22.0. The lowest BCUT2D eigenvalue weighted by atomic mass is 9.92. The molecule has 1 heterocycles. The molecule has 0 unspecified atom stereocenters. The first-order valence-electron chi connectivity index (χ1n) is 4.58. The molecule has 0 fully saturated rings. The summed E-state index contributed by atoms with van der Waals surface area (Å²) in [5.74, 6) is -0.905. The summed E-state index contributed by atoms with van der Waals surface area (Å²) in [6.07, 6.45) is 0.453. The number of halogens is 1. The van der Waals surface area contributed by atoms with Gasteiger partial charge in [0, 0.05) is 11.1 Å². The zero-order valence-electron chi connectivity index (χ0n) is 8.43. The number of aldehydes is 1. The first kappa shape index (κ1) is 9.83. The zero-order valence-corrected chi connectivity index (χ0v) is 8.43. The normalized spacial score (nSPS) is 17.1. The molecule has 1 aromatic rings. The Hall–Kier alpha value is -1.71. The lowest BCUT2D eigenvalue weighted by Crippen LogP contribution is -2.33. The van der Waals surface area contributed by atoms with Gasteiger partial charge in [0.05, 0.1) is 11.1 Å². The summed E-state index contributed by atoms with van der Waals surface area (Å²) >= 11 is 0. The predicted molar refractivity (Wildman–Crippen MR) is 52.3 cm³/mol. The number of hydrogen-bond donors (Lipinski definition) is 1. The lowest BCUT2D eigenvalue weighted by molar-refractivity contribution is 0.0940. The van der Waals surface area contributed by atoms with Crippen molar-refractivity contribution < 1.29 is 14.0 Å². The molecule has 1 aromatic carbocycles. The summed E-state index contributed by atoms with van der Waals surface area (Å²) in [6.45, 7) is 3.41. The van der Waals surface area contributed by atoms with Crippen LogP contribution in [-0.4, -0.2) is 12.2 Å². The SMILES string of the molecule is CC1(C)NC(=O)c2ccc(C=O)c(F)c21. The second-order valence-electron chi connectivity index (χ2n) is 4.09. The summed E-state index contributed by atoms with van der Waals surface area (Å²) < 4.78 is 13.8. The van der Waals surface area contributed by atoms with Gasteiger partial charge in [0.2, 0.25) is 0 Å². The third-order valence-corrected chi connectivity index (χ3v) is 2.59. The van der Waals surface area contributed by atoms with E-state index in [4.69, 9.17) is 0 Å². The van der Waals surface area contributed by atoms with Crippen molar-refractivity contribution in [1.29, 1.82) is 0 Å². The molecule has 1 aliphatic heterocycles. The average molecular weight is 207 g/mol. The van der Waals surface area contributed by atoms with Gasteiger partial charge in [-0.25, -0.2) is 4.39 Å². The van der Waals surface area contributed by atoms with E-state index in [-0.39, 0.29) is 17.0 Å². The number of nitrogens with one attached hydrogen (secondary N) is 1. The van der Waals surface area contributed by atoms with Gasteiger partial charge in [-0.1, -0.05) is 0 Å². The second kappa shape index (κ2) is 2.89. The Morgan fingerprint density at radius 2 is 2.07 bits per heavy atom. The van der Waals surface area contributed by atoms with Crippen molar-refractivity contribution >= 4 is 12.2 Å². The van der Waals surface area contributed by atoms with Crippen LogP contribution >= 0.6 is 0 Å². The highest BCUT2D eigenvalue weighted by atomic mass is 19.1. The number of rotatable bonds is 1. The Kier molecular flexibility index (Phi) is 1.89. The molecule has 15 heavy (non-hydrogen) atoms. The topological polar surface area (TPSA) is 46.2 Å². The molecule has 0 aromatic heterocycles. The first-order chi connectivity index (χ1) is 6.97. The van der Waals surface area contributed by atoms with Gasteiger partial charge in [0.15, 0.2) is 6.29 Å². The van der Waals surface area contributed by atoms with Crippen molar-refractivity contribution in [2.45, 2.75) is 19.4 Å². The molecule has 2 rings (SSSR count). The van der Waals surface area contributed by atoms with Crippen LogP contribution in [0.2, 0.25) is 0 Å². The summed E-state index contributed by atoms with van der Waals surface area (Å²) in [6, 6.07) is 2.80. The van der Waals surface area contributed by atoms with E-state index in [1.807, 2.05) is 0 Å². The molecule has 0 saturated heterocycles. The molecule has 0 atom stereocenters. The number of amides is 1. The van der Waals surface area contributed by atoms with Gasteiger partial charge in [-0.2, -0.15) is 0 Å². The Balaban J connectivity index is 2.76. The van der Waals surface area contributed by atoms with Gasteiger partial charge in [-0.3, -0.25) is 9.59 Å². The fourth-order valence-electron chi connectivity index (χ4n) is 1.90. The fourth-order valence-corrected chi connectivity index (χ4v) is 1.90. The van der Waals surface area contributed by atoms with Gasteiger partial charge in [0.25, 0.3) is 5.91 Å². The Morgan fingerprint density at radius 3 is 2.67 bits per heavy atom. The molecule has 78 valence electrons. The van der Waals surface area contributed by atoms with Crippen LogP contribution < -0.4 is 5.32 Å².